The standard InChI is InChI=1S/C13H14N2O/c1-9-4-5-10(2)12(6-9)13-11(8-16)7-15(3)14-13/h4-8H,1-3H3. The fourth-order valence-corrected chi connectivity index (χ4v) is 1.79. The Morgan fingerprint density at radius 1 is 1.31 bits per heavy atom. The predicted molar refractivity (Wildman–Crippen MR) is 63.5 cm³/mol. The average molecular weight is 214 g/mol. The second-order valence-electron chi connectivity index (χ2n) is 4.04. The first-order valence-electron chi connectivity index (χ1n) is 5.18. The van der Waals surface area contributed by atoms with Gasteiger partial charge in [-0.2, -0.15) is 5.10 Å². The number of hydrogen-bond acceptors (Lipinski definition) is 2. The molecule has 0 radical (unpaired) electrons. The lowest BCUT2D eigenvalue weighted by Gasteiger charge is -2.04. The van der Waals surface area contributed by atoms with Crippen molar-refractivity contribution in [3.63, 3.8) is 0 Å². The SMILES string of the molecule is Cc1ccc(C)c(-c2nn(C)cc2C=O)c1. The minimum absolute atomic E-state index is 0.635. The minimum Gasteiger partial charge on any atom is -0.298 e. The van der Waals surface area contributed by atoms with Crippen LogP contribution in [-0.4, -0.2) is 16.1 Å². The van der Waals surface area contributed by atoms with Crippen LogP contribution in [-0.2, 0) is 7.05 Å². The van der Waals surface area contributed by atoms with Crippen LogP contribution in [0, 0.1) is 13.8 Å². The Kier molecular flexibility index (Phi) is 2.60. The van der Waals surface area contributed by atoms with E-state index in [0.717, 1.165) is 23.1 Å². The molecule has 0 aliphatic rings. The van der Waals surface area contributed by atoms with Gasteiger partial charge in [0.2, 0.25) is 0 Å². The number of rotatable bonds is 2. The lowest BCUT2D eigenvalue weighted by Crippen LogP contribution is -1.91. The zero-order valence-corrected chi connectivity index (χ0v) is 9.69. The molecule has 2 rings (SSSR count). The number of aldehydes is 1. The lowest BCUT2D eigenvalue weighted by atomic mass is 10.0. The third-order valence-electron chi connectivity index (χ3n) is 2.63. The van der Waals surface area contributed by atoms with Crippen LogP contribution < -0.4 is 0 Å². The molecule has 3 heteroatoms. The van der Waals surface area contributed by atoms with Crippen molar-refractivity contribution in [3.8, 4) is 11.3 Å². The van der Waals surface area contributed by atoms with Gasteiger partial charge in [-0.3, -0.25) is 9.48 Å². The molecular weight excluding hydrogens is 200 g/mol. The van der Waals surface area contributed by atoms with Gasteiger partial charge in [-0.15, -0.1) is 0 Å². The van der Waals surface area contributed by atoms with Crippen LogP contribution in [0.1, 0.15) is 21.5 Å². The Hall–Kier alpha value is -1.90. The fourth-order valence-electron chi connectivity index (χ4n) is 1.79. The fraction of sp³-hybridized carbons (Fsp3) is 0.231. The number of benzene rings is 1. The molecule has 1 aromatic heterocycles. The average Bonchev–Trinajstić information content (AvgIpc) is 2.63. The van der Waals surface area contributed by atoms with E-state index in [-0.39, 0.29) is 0 Å². The van der Waals surface area contributed by atoms with Crippen LogP contribution >= 0.6 is 0 Å². The summed E-state index contributed by atoms with van der Waals surface area (Å²) < 4.78 is 1.67. The highest BCUT2D eigenvalue weighted by Gasteiger charge is 2.11. The van der Waals surface area contributed by atoms with Crippen molar-refractivity contribution in [2.24, 2.45) is 7.05 Å². The maximum absolute atomic E-state index is 11.0. The quantitative estimate of drug-likeness (QED) is 0.720. The summed E-state index contributed by atoms with van der Waals surface area (Å²) in [6, 6.07) is 6.17. The van der Waals surface area contributed by atoms with Gasteiger partial charge in [-0.25, -0.2) is 0 Å². The van der Waals surface area contributed by atoms with E-state index >= 15 is 0 Å². The predicted octanol–water partition coefficient (Wildman–Crippen LogP) is 2.52. The number of hydrogen-bond donors (Lipinski definition) is 0. The van der Waals surface area contributed by atoms with Crippen molar-refractivity contribution in [1.82, 2.24) is 9.78 Å². The summed E-state index contributed by atoms with van der Waals surface area (Å²) in [5.74, 6) is 0. The monoisotopic (exact) mass is 214 g/mol. The summed E-state index contributed by atoms with van der Waals surface area (Å²) in [5.41, 5.74) is 4.73. The van der Waals surface area contributed by atoms with E-state index in [1.165, 1.54) is 5.56 Å². The highest BCUT2D eigenvalue weighted by atomic mass is 16.1. The zero-order valence-electron chi connectivity index (χ0n) is 9.69. The molecule has 2 aromatic rings. The molecule has 0 aliphatic heterocycles. The maximum atomic E-state index is 11.0. The summed E-state index contributed by atoms with van der Waals surface area (Å²) in [6.07, 6.45) is 2.59. The number of aryl methyl sites for hydroxylation is 3. The van der Waals surface area contributed by atoms with Crippen molar-refractivity contribution in [1.29, 1.82) is 0 Å². The van der Waals surface area contributed by atoms with Gasteiger partial charge in [0.05, 0.1) is 5.56 Å². The molecule has 16 heavy (non-hydrogen) atoms. The smallest absolute Gasteiger partial charge is 0.153 e. The second-order valence-corrected chi connectivity index (χ2v) is 4.04. The minimum atomic E-state index is 0.635. The highest BCUT2D eigenvalue weighted by molar-refractivity contribution is 5.86. The molecule has 0 atom stereocenters. The molecule has 0 saturated heterocycles. The first-order chi connectivity index (χ1) is 7.61. The maximum Gasteiger partial charge on any atom is 0.153 e. The van der Waals surface area contributed by atoms with E-state index in [1.807, 2.05) is 27.0 Å². The third-order valence-corrected chi connectivity index (χ3v) is 2.63. The van der Waals surface area contributed by atoms with Gasteiger partial charge in [-0.05, 0) is 25.5 Å². The molecule has 0 fully saturated rings. The van der Waals surface area contributed by atoms with Crippen molar-refractivity contribution >= 4 is 6.29 Å². The Bertz CT molecular complexity index is 541. The molecule has 3 nitrogen and oxygen atoms in total. The van der Waals surface area contributed by atoms with Gasteiger partial charge < -0.3 is 0 Å². The zero-order chi connectivity index (χ0) is 11.7. The molecule has 0 aliphatic carbocycles. The Labute approximate surface area is 94.7 Å². The molecule has 0 N–H and O–H groups in total. The number of carbonyl (C=O) groups excluding carboxylic acids is 1. The van der Waals surface area contributed by atoms with Gasteiger partial charge >= 0.3 is 0 Å². The highest BCUT2D eigenvalue weighted by Crippen LogP contribution is 2.25. The Morgan fingerprint density at radius 3 is 2.75 bits per heavy atom. The number of nitrogens with zero attached hydrogens (tertiary/aromatic N) is 2. The summed E-state index contributed by atoms with van der Waals surface area (Å²) in [5, 5.41) is 4.34. The Morgan fingerprint density at radius 2 is 2.06 bits per heavy atom. The Balaban J connectivity index is 2.66. The molecule has 0 bridgehead atoms. The second kappa shape index (κ2) is 3.93. The molecule has 1 aromatic carbocycles. The van der Waals surface area contributed by atoms with E-state index in [2.05, 4.69) is 17.2 Å². The van der Waals surface area contributed by atoms with Crippen LogP contribution in [0.25, 0.3) is 11.3 Å². The van der Waals surface area contributed by atoms with E-state index in [9.17, 15) is 4.79 Å². The van der Waals surface area contributed by atoms with Crippen molar-refractivity contribution in [3.05, 3.63) is 41.1 Å². The molecular formula is C13H14N2O. The van der Waals surface area contributed by atoms with Crippen molar-refractivity contribution < 1.29 is 4.79 Å². The molecule has 0 amide bonds. The third kappa shape index (κ3) is 1.76. The van der Waals surface area contributed by atoms with Gasteiger partial charge in [0, 0.05) is 18.8 Å². The van der Waals surface area contributed by atoms with Gasteiger partial charge in [-0.1, -0.05) is 17.7 Å². The first-order valence-corrected chi connectivity index (χ1v) is 5.18. The molecule has 82 valence electrons. The van der Waals surface area contributed by atoms with Gasteiger partial charge in [0.25, 0.3) is 0 Å². The van der Waals surface area contributed by atoms with E-state index in [1.54, 1.807) is 10.9 Å². The number of aromatic nitrogens is 2. The molecule has 0 unspecified atom stereocenters. The summed E-state index contributed by atoms with van der Waals surface area (Å²) in [7, 11) is 1.82. The van der Waals surface area contributed by atoms with E-state index < -0.39 is 0 Å². The summed E-state index contributed by atoms with van der Waals surface area (Å²) in [4.78, 5) is 11.0. The first kappa shape index (κ1) is 10.6. The van der Waals surface area contributed by atoms with Crippen LogP contribution in [0.3, 0.4) is 0 Å². The van der Waals surface area contributed by atoms with Crippen molar-refractivity contribution in [2.75, 3.05) is 0 Å². The van der Waals surface area contributed by atoms with E-state index in [0.29, 0.717) is 5.56 Å². The molecule has 0 spiro atoms. The summed E-state index contributed by atoms with van der Waals surface area (Å²) in [6.45, 7) is 4.06. The normalized spacial score (nSPS) is 10.4. The van der Waals surface area contributed by atoms with Crippen LogP contribution in [0.15, 0.2) is 24.4 Å². The lowest BCUT2D eigenvalue weighted by molar-refractivity contribution is 0.112. The topological polar surface area (TPSA) is 34.9 Å². The van der Waals surface area contributed by atoms with Gasteiger partial charge in [0.15, 0.2) is 6.29 Å². The molecule has 1 heterocycles. The van der Waals surface area contributed by atoms with Crippen LogP contribution in [0.4, 0.5) is 0 Å². The van der Waals surface area contributed by atoms with E-state index in [4.69, 9.17) is 0 Å². The summed E-state index contributed by atoms with van der Waals surface area (Å²) >= 11 is 0. The number of carbonyl (C=O) groups is 1. The van der Waals surface area contributed by atoms with Crippen LogP contribution in [0.5, 0.6) is 0 Å². The molecule has 0 saturated carbocycles. The van der Waals surface area contributed by atoms with Gasteiger partial charge in [0.1, 0.15) is 5.69 Å². The van der Waals surface area contributed by atoms with Crippen LogP contribution in [0.2, 0.25) is 0 Å². The van der Waals surface area contributed by atoms with Crippen molar-refractivity contribution in [2.45, 2.75) is 13.8 Å². The largest absolute Gasteiger partial charge is 0.298 e.